The Kier molecular flexibility index (Phi) is 5.84. The van der Waals surface area contributed by atoms with Crippen LogP contribution < -0.4 is 0 Å². The van der Waals surface area contributed by atoms with Crippen molar-refractivity contribution in [1.82, 2.24) is 0 Å². The van der Waals surface area contributed by atoms with Crippen LogP contribution in [0.15, 0.2) is 24.7 Å². The number of hydrogen-bond acceptors (Lipinski definition) is 4. The summed E-state index contributed by atoms with van der Waals surface area (Å²) in [4.78, 5) is 8.80. The molecule has 2 N–H and O–H groups in total. The lowest BCUT2D eigenvalue weighted by molar-refractivity contribution is 0.266. The van der Waals surface area contributed by atoms with Gasteiger partial charge in [0.25, 0.3) is 0 Å². The molecule has 0 amide bonds. The van der Waals surface area contributed by atoms with Crippen LogP contribution in [0.1, 0.15) is 6.92 Å². The van der Waals surface area contributed by atoms with Crippen molar-refractivity contribution in [3.05, 3.63) is 24.7 Å². The third-order valence-corrected chi connectivity index (χ3v) is 1.43. The molecule has 1 unspecified atom stereocenters. The molecule has 0 aromatic carbocycles. The molecule has 0 heterocycles. The van der Waals surface area contributed by atoms with Crippen LogP contribution >= 0.6 is 8.60 Å². The van der Waals surface area contributed by atoms with Crippen LogP contribution in [0.2, 0.25) is 0 Å². The van der Waals surface area contributed by atoms with Gasteiger partial charge in [0.05, 0.1) is 18.6 Å². The second kappa shape index (κ2) is 6.16. The second-order valence-corrected chi connectivity index (χ2v) is 2.60. The molecular formula is C6H11O4P. The van der Waals surface area contributed by atoms with Gasteiger partial charge in [0.1, 0.15) is 0 Å². The highest BCUT2D eigenvalue weighted by molar-refractivity contribution is 7.40. The van der Waals surface area contributed by atoms with E-state index in [1.54, 1.807) is 0 Å². The first-order chi connectivity index (χ1) is 5.16. The smallest absolute Gasteiger partial charge is 0.394 e. The Morgan fingerprint density at radius 1 is 1.73 bits per heavy atom. The van der Waals surface area contributed by atoms with Crippen molar-refractivity contribution in [2.45, 2.75) is 6.92 Å². The van der Waals surface area contributed by atoms with Gasteiger partial charge in [0, 0.05) is 0 Å². The molecule has 4 nitrogen and oxygen atoms in total. The van der Waals surface area contributed by atoms with Gasteiger partial charge in [-0.05, 0) is 13.0 Å². The minimum absolute atomic E-state index is 0.123. The predicted octanol–water partition coefficient (Wildman–Crippen LogP) is 1.84. The Balaban J connectivity index is 3.38. The Labute approximate surface area is 66.8 Å². The van der Waals surface area contributed by atoms with Crippen molar-refractivity contribution in [3.63, 3.8) is 0 Å². The maximum absolute atomic E-state index is 8.80. The summed E-state index contributed by atoms with van der Waals surface area (Å²) in [5.41, 5.74) is 0. The highest BCUT2D eigenvalue weighted by Crippen LogP contribution is 2.32. The zero-order valence-corrected chi connectivity index (χ0v) is 7.12. The van der Waals surface area contributed by atoms with Gasteiger partial charge >= 0.3 is 8.60 Å². The van der Waals surface area contributed by atoms with E-state index in [1.165, 1.54) is 13.0 Å². The molecule has 64 valence electrons. The molecule has 0 bridgehead atoms. The van der Waals surface area contributed by atoms with E-state index in [4.69, 9.17) is 10.00 Å². The highest BCUT2D eigenvalue weighted by Gasteiger charge is 2.02. The number of rotatable bonds is 5. The summed E-state index contributed by atoms with van der Waals surface area (Å²) in [5.74, 6) is 0.145. The fraction of sp³-hybridized carbons (Fsp3) is 0.333. The van der Waals surface area contributed by atoms with E-state index >= 15 is 0 Å². The zero-order chi connectivity index (χ0) is 8.69. The summed E-state index contributed by atoms with van der Waals surface area (Å²) in [6.07, 6.45) is 2.51. The summed E-state index contributed by atoms with van der Waals surface area (Å²) in [6, 6.07) is 0. The Morgan fingerprint density at radius 3 is 2.82 bits per heavy atom. The van der Waals surface area contributed by atoms with E-state index < -0.39 is 8.60 Å². The molecule has 0 aliphatic heterocycles. The van der Waals surface area contributed by atoms with Crippen molar-refractivity contribution in [1.29, 1.82) is 0 Å². The number of aliphatic hydroxyl groups excluding tert-OH is 1. The van der Waals surface area contributed by atoms with Crippen LogP contribution in [0.3, 0.4) is 0 Å². The standard InChI is InChI=1S/C6H11O4P/c1-3-9-11(8)10-5-4-6(2)7/h3-4,7-8H,1,5H2,2H3. The summed E-state index contributed by atoms with van der Waals surface area (Å²) >= 11 is 0. The van der Waals surface area contributed by atoms with Crippen LogP contribution in [0.4, 0.5) is 0 Å². The van der Waals surface area contributed by atoms with Gasteiger partial charge in [0.2, 0.25) is 0 Å². The van der Waals surface area contributed by atoms with Crippen molar-refractivity contribution >= 4 is 8.60 Å². The fourth-order valence-electron chi connectivity index (χ4n) is 0.316. The zero-order valence-electron chi connectivity index (χ0n) is 6.23. The quantitative estimate of drug-likeness (QED) is 0.498. The average Bonchev–Trinajstić information content (AvgIpc) is 1.87. The van der Waals surface area contributed by atoms with Crippen molar-refractivity contribution in [2.24, 2.45) is 0 Å². The summed E-state index contributed by atoms with van der Waals surface area (Å²) in [6.45, 7) is 4.87. The molecule has 5 heteroatoms. The van der Waals surface area contributed by atoms with Gasteiger partial charge in [-0.25, -0.2) is 0 Å². The lowest BCUT2D eigenvalue weighted by Gasteiger charge is -2.05. The second-order valence-electron chi connectivity index (χ2n) is 1.65. The lowest BCUT2D eigenvalue weighted by atomic mass is 10.5. The van der Waals surface area contributed by atoms with Crippen molar-refractivity contribution in [2.75, 3.05) is 6.61 Å². The topological polar surface area (TPSA) is 58.9 Å². The molecular weight excluding hydrogens is 167 g/mol. The lowest BCUT2D eigenvalue weighted by Crippen LogP contribution is -1.87. The molecule has 0 spiro atoms. The molecule has 0 saturated carbocycles. The minimum atomic E-state index is -1.89. The van der Waals surface area contributed by atoms with E-state index in [-0.39, 0.29) is 12.4 Å². The Hall–Kier alpha value is -0.570. The van der Waals surface area contributed by atoms with Gasteiger partial charge in [-0.3, -0.25) is 4.52 Å². The van der Waals surface area contributed by atoms with Gasteiger partial charge in [-0.15, -0.1) is 0 Å². The predicted molar refractivity (Wildman–Crippen MR) is 42.8 cm³/mol. The van der Waals surface area contributed by atoms with Crippen molar-refractivity contribution in [3.8, 4) is 0 Å². The largest absolute Gasteiger partial charge is 0.513 e. The Morgan fingerprint density at radius 2 is 2.36 bits per heavy atom. The third kappa shape index (κ3) is 7.33. The first-order valence-corrected chi connectivity index (χ1v) is 4.05. The van der Waals surface area contributed by atoms with Crippen molar-refractivity contribution < 1.29 is 19.0 Å². The molecule has 0 aromatic rings. The maximum Gasteiger partial charge on any atom is 0.394 e. The summed E-state index contributed by atoms with van der Waals surface area (Å²) < 4.78 is 9.16. The van der Waals surface area contributed by atoms with Crippen LogP contribution in [-0.2, 0) is 9.05 Å². The first kappa shape index (κ1) is 10.4. The van der Waals surface area contributed by atoms with Crippen LogP contribution in [-0.4, -0.2) is 16.6 Å². The monoisotopic (exact) mass is 178 g/mol. The minimum Gasteiger partial charge on any atom is -0.513 e. The molecule has 0 fully saturated rings. The van der Waals surface area contributed by atoms with E-state index in [0.29, 0.717) is 0 Å². The first-order valence-electron chi connectivity index (χ1n) is 2.92. The number of hydrogen-bond donors (Lipinski definition) is 2. The summed E-state index contributed by atoms with van der Waals surface area (Å²) in [5, 5.41) is 8.64. The van der Waals surface area contributed by atoms with Crippen LogP contribution in [0.25, 0.3) is 0 Å². The third-order valence-electron chi connectivity index (χ3n) is 0.728. The van der Waals surface area contributed by atoms with Crippen LogP contribution in [0.5, 0.6) is 0 Å². The van der Waals surface area contributed by atoms with Gasteiger partial charge in [-0.1, -0.05) is 6.58 Å². The van der Waals surface area contributed by atoms with Gasteiger partial charge in [-0.2, -0.15) is 0 Å². The van der Waals surface area contributed by atoms with E-state index in [1.807, 2.05) is 0 Å². The Bertz CT molecular complexity index is 142. The number of aliphatic hydroxyl groups is 1. The highest BCUT2D eigenvalue weighted by atomic mass is 31.2. The molecule has 0 aliphatic rings. The normalized spacial score (nSPS) is 14.2. The van der Waals surface area contributed by atoms with E-state index in [0.717, 1.165) is 6.26 Å². The number of allylic oxidation sites excluding steroid dienone is 1. The fourth-order valence-corrected chi connectivity index (χ4v) is 0.706. The molecule has 0 saturated heterocycles. The molecule has 1 atom stereocenters. The van der Waals surface area contributed by atoms with Gasteiger partial charge in [0.15, 0.2) is 0 Å². The van der Waals surface area contributed by atoms with E-state index in [2.05, 4.69) is 15.6 Å². The van der Waals surface area contributed by atoms with Gasteiger partial charge < -0.3 is 14.5 Å². The maximum atomic E-state index is 8.80. The molecule has 0 aliphatic carbocycles. The molecule has 0 rings (SSSR count). The molecule has 0 radical (unpaired) electrons. The SMILES string of the molecule is C=COP(O)OCC=C(C)O. The molecule has 11 heavy (non-hydrogen) atoms. The van der Waals surface area contributed by atoms with E-state index in [9.17, 15) is 0 Å². The average molecular weight is 178 g/mol. The summed E-state index contributed by atoms with van der Waals surface area (Å²) in [7, 11) is -1.89. The molecule has 0 aromatic heterocycles. The van der Waals surface area contributed by atoms with Crippen LogP contribution in [0, 0.1) is 0 Å².